The van der Waals surface area contributed by atoms with Gasteiger partial charge in [0.15, 0.2) is 0 Å². The molecule has 4 unspecified atom stereocenters. The van der Waals surface area contributed by atoms with E-state index in [4.69, 9.17) is 10.00 Å². The quantitative estimate of drug-likeness (QED) is 0.680. The monoisotopic (exact) mass is 221 g/mol. The third-order valence-corrected chi connectivity index (χ3v) is 4.79. The Morgan fingerprint density at radius 2 is 1.69 bits per heavy atom. The lowest BCUT2D eigenvalue weighted by atomic mass is 9.64. The lowest BCUT2D eigenvalue weighted by Crippen LogP contribution is -2.32. The number of hydrogen-bond acceptors (Lipinski definition) is 2. The van der Waals surface area contributed by atoms with Crippen LogP contribution in [0.1, 0.15) is 51.9 Å². The Bertz CT molecular complexity index is 258. The van der Waals surface area contributed by atoms with Gasteiger partial charge in [0.1, 0.15) is 6.61 Å². The van der Waals surface area contributed by atoms with Gasteiger partial charge in [0.05, 0.1) is 0 Å². The van der Waals surface area contributed by atoms with Gasteiger partial charge in [0.2, 0.25) is 0 Å². The first-order valence-electron chi connectivity index (χ1n) is 6.84. The van der Waals surface area contributed by atoms with Gasteiger partial charge in [0, 0.05) is 0 Å². The number of fused-ring (bicyclic) bond motifs is 1. The molecule has 0 aromatic carbocycles. The molecule has 0 aromatic heterocycles. The third kappa shape index (κ3) is 2.70. The van der Waals surface area contributed by atoms with Crippen LogP contribution in [0.15, 0.2) is 0 Å². The largest absolute Gasteiger partial charge is 0.427 e. The van der Waals surface area contributed by atoms with Gasteiger partial charge >= 0.3 is 0 Å². The summed E-state index contributed by atoms with van der Waals surface area (Å²) in [5.41, 5.74) is 0. The highest BCUT2D eigenvalue weighted by Gasteiger charge is 2.35. The minimum atomic E-state index is 0.652. The first-order chi connectivity index (χ1) is 7.83. The van der Waals surface area contributed by atoms with Crippen LogP contribution in [0.25, 0.3) is 0 Å². The molecule has 0 saturated heterocycles. The van der Waals surface area contributed by atoms with Crippen molar-refractivity contribution in [2.45, 2.75) is 51.9 Å². The second-order valence-corrected chi connectivity index (χ2v) is 5.69. The van der Waals surface area contributed by atoms with Crippen molar-refractivity contribution in [3.05, 3.63) is 0 Å². The van der Waals surface area contributed by atoms with E-state index in [2.05, 4.69) is 6.92 Å². The van der Waals surface area contributed by atoms with Crippen LogP contribution < -0.4 is 0 Å². The zero-order chi connectivity index (χ0) is 11.4. The smallest absolute Gasteiger partial charge is 0.286 e. The van der Waals surface area contributed by atoms with Gasteiger partial charge in [-0.2, -0.15) is 5.26 Å². The van der Waals surface area contributed by atoms with Crippen molar-refractivity contribution in [1.82, 2.24) is 0 Å². The fourth-order valence-electron chi connectivity index (χ4n) is 3.76. The van der Waals surface area contributed by atoms with Gasteiger partial charge < -0.3 is 4.74 Å². The molecule has 0 N–H and O–H groups in total. The van der Waals surface area contributed by atoms with E-state index in [1.54, 1.807) is 6.26 Å². The molecule has 0 heterocycles. The van der Waals surface area contributed by atoms with Gasteiger partial charge in [-0.15, -0.1) is 0 Å². The number of nitriles is 1. The van der Waals surface area contributed by atoms with Crippen LogP contribution in [0.5, 0.6) is 0 Å². The molecule has 2 rings (SSSR count). The van der Waals surface area contributed by atoms with Crippen molar-refractivity contribution < 1.29 is 4.74 Å². The molecule has 0 amide bonds. The summed E-state index contributed by atoms with van der Waals surface area (Å²) in [5.74, 6) is 3.56. The average Bonchev–Trinajstić information content (AvgIpc) is 2.35. The summed E-state index contributed by atoms with van der Waals surface area (Å²) in [6, 6.07) is 0. The molecule has 0 radical (unpaired) electrons. The standard InChI is InChI=1S/C14H23NO/c1-2-11-3-5-14-8-12(9-16-10-15)4-6-13(14)7-11/h11-14H,2-9H2,1H3. The lowest BCUT2D eigenvalue weighted by Gasteiger charge is -2.41. The van der Waals surface area contributed by atoms with Crippen LogP contribution >= 0.6 is 0 Å². The van der Waals surface area contributed by atoms with Crippen molar-refractivity contribution in [3.63, 3.8) is 0 Å². The van der Waals surface area contributed by atoms with E-state index in [1.165, 1.54) is 44.9 Å². The maximum absolute atomic E-state index is 8.42. The van der Waals surface area contributed by atoms with Gasteiger partial charge in [-0.05, 0) is 55.8 Å². The zero-order valence-electron chi connectivity index (χ0n) is 10.3. The Hall–Kier alpha value is -0.710. The predicted molar refractivity (Wildman–Crippen MR) is 63.5 cm³/mol. The average molecular weight is 221 g/mol. The van der Waals surface area contributed by atoms with E-state index in [9.17, 15) is 0 Å². The molecule has 0 aliphatic heterocycles. The SMILES string of the molecule is CCC1CCC2CC(COC#N)CCC2C1. The topological polar surface area (TPSA) is 33.0 Å². The summed E-state index contributed by atoms with van der Waals surface area (Å²) in [5, 5.41) is 8.42. The minimum Gasteiger partial charge on any atom is -0.427 e. The summed E-state index contributed by atoms with van der Waals surface area (Å²) >= 11 is 0. The third-order valence-electron chi connectivity index (χ3n) is 4.79. The lowest BCUT2D eigenvalue weighted by molar-refractivity contribution is 0.0695. The first kappa shape index (κ1) is 11.8. The second-order valence-electron chi connectivity index (χ2n) is 5.69. The molecule has 0 spiro atoms. The van der Waals surface area contributed by atoms with E-state index < -0.39 is 0 Å². The second kappa shape index (κ2) is 5.57. The molecule has 2 fully saturated rings. The molecule has 90 valence electrons. The van der Waals surface area contributed by atoms with Crippen molar-refractivity contribution in [3.8, 4) is 6.26 Å². The Labute approximate surface area is 99.0 Å². The maximum Gasteiger partial charge on any atom is 0.286 e. The summed E-state index contributed by atoms with van der Waals surface area (Å²) < 4.78 is 4.90. The summed E-state index contributed by atoms with van der Waals surface area (Å²) in [7, 11) is 0. The van der Waals surface area contributed by atoms with E-state index in [-0.39, 0.29) is 0 Å². The first-order valence-corrected chi connectivity index (χ1v) is 6.84. The fraction of sp³-hybridized carbons (Fsp3) is 0.929. The molecule has 16 heavy (non-hydrogen) atoms. The molecular weight excluding hydrogens is 198 g/mol. The summed E-state index contributed by atoms with van der Waals surface area (Å²) in [6.45, 7) is 2.99. The highest BCUT2D eigenvalue weighted by molar-refractivity contribution is 4.86. The fourth-order valence-corrected chi connectivity index (χ4v) is 3.76. The molecule has 2 aliphatic carbocycles. The highest BCUT2D eigenvalue weighted by Crippen LogP contribution is 2.45. The van der Waals surface area contributed by atoms with Crippen molar-refractivity contribution in [2.75, 3.05) is 6.61 Å². The zero-order valence-corrected chi connectivity index (χ0v) is 10.3. The van der Waals surface area contributed by atoms with Gasteiger partial charge in [-0.3, -0.25) is 0 Å². The van der Waals surface area contributed by atoms with Crippen LogP contribution in [0.2, 0.25) is 0 Å². The molecule has 2 heteroatoms. The van der Waals surface area contributed by atoms with Gasteiger partial charge in [-0.1, -0.05) is 19.8 Å². The highest BCUT2D eigenvalue weighted by atomic mass is 16.5. The van der Waals surface area contributed by atoms with Crippen LogP contribution in [-0.4, -0.2) is 6.61 Å². The normalized spacial score (nSPS) is 38.5. The molecule has 2 saturated carbocycles. The Balaban J connectivity index is 1.81. The summed E-state index contributed by atoms with van der Waals surface area (Å²) in [4.78, 5) is 0. The van der Waals surface area contributed by atoms with Gasteiger partial charge in [0.25, 0.3) is 6.26 Å². The maximum atomic E-state index is 8.42. The number of ether oxygens (including phenoxy) is 1. The Kier molecular flexibility index (Phi) is 4.09. The molecule has 0 bridgehead atoms. The summed E-state index contributed by atoms with van der Waals surface area (Å²) in [6.07, 6.45) is 11.5. The van der Waals surface area contributed by atoms with Crippen LogP contribution in [-0.2, 0) is 4.74 Å². The van der Waals surface area contributed by atoms with Crippen molar-refractivity contribution in [1.29, 1.82) is 5.26 Å². The van der Waals surface area contributed by atoms with Crippen LogP contribution in [0, 0.1) is 35.2 Å². The minimum absolute atomic E-state index is 0.652. The molecule has 2 aliphatic rings. The van der Waals surface area contributed by atoms with Crippen molar-refractivity contribution in [2.24, 2.45) is 23.7 Å². The van der Waals surface area contributed by atoms with E-state index in [1.807, 2.05) is 0 Å². The van der Waals surface area contributed by atoms with Crippen LogP contribution in [0.4, 0.5) is 0 Å². The predicted octanol–water partition coefficient (Wildman–Crippen LogP) is 3.73. The molecule has 2 nitrogen and oxygen atoms in total. The van der Waals surface area contributed by atoms with Crippen LogP contribution in [0.3, 0.4) is 0 Å². The van der Waals surface area contributed by atoms with E-state index in [0.717, 1.165) is 17.8 Å². The number of nitrogens with zero attached hydrogens (tertiary/aromatic N) is 1. The van der Waals surface area contributed by atoms with Gasteiger partial charge in [-0.25, -0.2) is 0 Å². The van der Waals surface area contributed by atoms with E-state index in [0.29, 0.717) is 12.5 Å². The Morgan fingerprint density at radius 1 is 1.06 bits per heavy atom. The van der Waals surface area contributed by atoms with Crippen molar-refractivity contribution >= 4 is 0 Å². The molecule has 0 aromatic rings. The Morgan fingerprint density at radius 3 is 2.31 bits per heavy atom. The molecular formula is C14H23NO. The number of rotatable bonds is 3. The van der Waals surface area contributed by atoms with E-state index >= 15 is 0 Å². The molecule has 4 atom stereocenters. The number of hydrogen-bond donors (Lipinski definition) is 0.